The van der Waals surface area contributed by atoms with Crippen LogP contribution in [0.25, 0.3) is 11.1 Å². The molecule has 1 amide bonds. The van der Waals surface area contributed by atoms with Gasteiger partial charge >= 0.3 is 5.76 Å². The van der Waals surface area contributed by atoms with Gasteiger partial charge < -0.3 is 4.42 Å². The summed E-state index contributed by atoms with van der Waals surface area (Å²) in [6.45, 7) is 0. The number of benzene rings is 1. The fraction of sp³-hybridized carbons (Fsp3) is 0.333. The van der Waals surface area contributed by atoms with Crippen molar-refractivity contribution in [1.82, 2.24) is 15.0 Å². The molecule has 0 radical (unpaired) electrons. The van der Waals surface area contributed by atoms with Gasteiger partial charge in [0.05, 0.1) is 11.9 Å². The topological polar surface area (TPSA) is 67.5 Å². The summed E-state index contributed by atoms with van der Waals surface area (Å²) in [6.07, 6.45) is 0.257. The molecular formula is C12H15N3O3. The molecule has 6 nitrogen and oxygen atoms in total. The van der Waals surface area contributed by atoms with Crippen molar-refractivity contribution in [3.8, 4) is 0 Å². The molecule has 1 heterocycles. The number of aryl methyl sites for hydroxylation is 1. The summed E-state index contributed by atoms with van der Waals surface area (Å²) in [5.74, 6) is -0.507. The maximum Gasteiger partial charge on any atom is 0.419 e. The van der Waals surface area contributed by atoms with Crippen LogP contribution in [-0.2, 0) is 18.3 Å². The zero-order valence-corrected chi connectivity index (χ0v) is 10.6. The molecular weight excluding hydrogens is 234 g/mol. The van der Waals surface area contributed by atoms with Gasteiger partial charge in [0, 0.05) is 21.1 Å². The normalized spacial score (nSPS) is 11.1. The number of amides is 1. The van der Waals surface area contributed by atoms with E-state index in [1.165, 1.54) is 4.57 Å². The van der Waals surface area contributed by atoms with Gasteiger partial charge in [0.25, 0.3) is 0 Å². The molecule has 0 fully saturated rings. The second-order valence-corrected chi connectivity index (χ2v) is 4.34. The summed E-state index contributed by atoms with van der Waals surface area (Å²) < 4.78 is 6.44. The predicted molar refractivity (Wildman–Crippen MR) is 67.0 cm³/mol. The van der Waals surface area contributed by atoms with Crippen molar-refractivity contribution in [2.75, 3.05) is 14.1 Å². The Kier molecular flexibility index (Phi) is 3.20. The van der Waals surface area contributed by atoms with Gasteiger partial charge in [-0.1, -0.05) is 6.07 Å². The summed E-state index contributed by atoms with van der Waals surface area (Å²) in [6, 6.07) is 5.27. The summed E-state index contributed by atoms with van der Waals surface area (Å²) in [4.78, 5) is 22.9. The van der Waals surface area contributed by atoms with Crippen molar-refractivity contribution < 1.29 is 9.21 Å². The summed E-state index contributed by atoms with van der Waals surface area (Å²) in [7, 11) is 5.14. The number of hydrogen-bond acceptors (Lipinski definition) is 4. The molecule has 1 aromatic heterocycles. The Morgan fingerprint density at radius 2 is 2.17 bits per heavy atom. The lowest BCUT2D eigenvalue weighted by Gasteiger charge is -2.11. The molecule has 0 bridgehead atoms. The molecule has 0 spiro atoms. The summed E-state index contributed by atoms with van der Waals surface area (Å²) >= 11 is 0. The Labute approximate surface area is 104 Å². The highest BCUT2D eigenvalue weighted by atomic mass is 16.4. The van der Waals surface area contributed by atoms with Crippen LogP contribution in [-0.4, -0.2) is 29.6 Å². The Morgan fingerprint density at radius 3 is 2.83 bits per heavy atom. The number of carbonyl (C=O) groups is 1. The smallest absolute Gasteiger partial charge is 0.408 e. The third-order valence-corrected chi connectivity index (χ3v) is 2.57. The third kappa shape index (κ3) is 2.43. The molecule has 0 unspecified atom stereocenters. The minimum Gasteiger partial charge on any atom is -0.408 e. The Hall–Kier alpha value is -2.08. The zero-order valence-electron chi connectivity index (χ0n) is 10.6. The average Bonchev–Trinajstić information content (AvgIpc) is 2.54. The van der Waals surface area contributed by atoms with Gasteiger partial charge in [-0.2, -0.15) is 0 Å². The lowest BCUT2D eigenvalue weighted by molar-refractivity contribution is -0.124. The number of fused-ring (bicyclic) bond motifs is 1. The molecule has 2 aromatic rings. The quantitative estimate of drug-likeness (QED) is 0.793. The number of oxazole rings is 1. The van der Waals surface area contributed by atoms with Crippen LogP contribution in [0.2, 0.25) is 0 Å². The van der Waals surface area contributed by atoms with Crippen molar-refractivity contribution in [2.45, 2.75) is 6.42 Å². The lowest BCUT2D eigenvalue weighted by Crippen LogP contribution is -2.37. The van der Waals surface area contributed by atoms with Crippen LogP contribution in [0.3, 0.4) is 0 Å². The highest BCUT2D eigenvalue weighted by molar-refractivity contribution is 5.80. The predicted octanol–water partition coefficient (Wildman–Crippen LogP) is 0.267. The Morgan fingerprint density at radius 1 is 1.44 bits per heavy atom. The molecule has 1 N–H and O–H groups in total. The van der Waals surface area contributed by atoms with Crippen molar-refractivity contribution in [2.24, 2.45) is 7.05 Å². The van der Waals surface area contributed by atoms with E-state index in [-0.39, 0.29) is 12.3 Å². The van der Waals surface area contributed by atoms with Crippen molar-refractivity contribution in [3.63, 3.8) is 0 Å². The molecule has 96 valence electrons. The molecule has 0 atom stereocenters. The van der Waals surface area contributed by atoms with Crippen LogP contribution in [0, 0.1) is 0 Å². The number of aromatic nitrogens is 1. The monoisotopic (exact) mass is 249 g/mol. The standard InChI is InChI=1S/C12H15N3O3/c1-14(2)13-11(16)7-8-4-5-10-9(6-8)15(3)12(17)18-10/h4-6H,7H2,1-3H3,(H,13,16). The minimum absolute atomic E-state index is 0.104. The molecule has 18 heavy (non-hydrogen) atoms. The van der Waals surface area contributed by atoms with E-state index >= 15 is 0 Å². The summed E-state index contributed by atoms with van der Waals surface area (Å²) in [5.41, 5.74) is 4.71. The van der Waals surface area contributed by atoms with Crippen LogP contribution < -0.4 is 11.2 Å². The number of carbonyl (C=O) groups excluding carboxylic acids is 1. The van der Waals surface area contributed by atoms with Crippen LogP contribution in [0.4, 0.5) is 0 Å². The van der Waals surface area contributed by atoms with Crippen LogP contribution in [0.1, 0.15) is 5.56 Å². The van der Waals surface area contributed by atoms with Crippen LogP contribution >= 0.6 is 0 Å². The second-order valence-electron chi connectivity index (χ2n) is 4.34. The van der Waals surface area contributed by atoms with E-state index in [1.54, 1.807) is 44.4 Å². The summed E-state index contributed by atoms with van der Waals surface area (Å²) in [5, 5.41) is 1.59. The lowest BCUT2D eigenvalue weighted by atomic mass is 10.1. The molecule has 0 aliphatic carbocycles. The fourth-order valence-electron chi connectivity index (χ4n) is 1.76. The van der Waals surface area contributed by atoms with Gasteiger partial charge in [0.1, 0.15) is 0 Å². The van der Waals surface area contributed by atoms with Gasteiger partial charge in [-0.05, 0) is 17.7 Å². The van der Waals surface area contributed by atoms with Gasteiger partial charge in [-0.15, -0.1) is 0 Å². The van der Waals surface area contributed by atoms with E-state index in [1.807, 2.05) is 0 Å². The minimum atomic E-state index is -0.403. The molecule has 0 saturated heterocycles. The number of rotatable bonds is 3. The van der Waals surface area contributed by atoms with Gasteiger partial charge in [-0.3, -0.25) is 14.8 Å². The van der Waals surface area contributed by atoms with E-state index in [9.17, 15) is 9.59 Å². The van der Waals surface area contributed by atoms with E-state index in [0.717, 1.165) is 5.56 Å². The largest absolute Gasteiger partial charge is 0.419 e. The first kappa shape index (κ1) is 12.4. The maximum atomic E-state index is 11.6. The number of nitrogens with one attached hydrogen (secondary N) is 1. The van der Waals surface area contributed by atoms with Crippen molar-refractivity contribution in [3.05, 3.63) is 34.3 Å². The van der Waals surface area contributed by atoms with E-state index in [0.29, 0.717) is 11.1 Å². The van der Waals surface area contributed by atoms with E-state index < -0.39 is 5.76 Å². The first-order valence-electron chi connectivity index (χ1n) is 5.52. The Balaban J connectivity index is 2.27. The highest BCUT2D eigenvalue weighted by Gasteiger charge is 2.09. The Bertz CT molecular complexity index is 640. The first-order chi connectivity index (χ1) is 8.47. The van der Waals surface area contributed by atoms with E-state index in [4.69, 9.17) is 4.42 Å². The molecule has 1 aromatic carbocycles. The molecule has 2 rings (SSSR count). The number of hydrazine groups is 1. The van der Waals surface area contributed by atoms with E-state index in [2.05, 4.69) is 5.43 Å². The van der Waals surface area contributed by atoms with Crippen molar-refractivity contribution in [1.29, 1.82) is 0 Å². The molecule has 0 aliphatic rings. The number of hydrogen-bond donors (Lipinski definition) is 1. The maximum absolute atomic E-state index is 11.6. The zero-order chi connectivity index (χ0) is 13.3. The van der Waals surface area contributed by atoms with Crippen LogP contribution in [0.15, 0.2) is 27.4 Å². The first-order valence-corrected chi connectivity index (χ1v) is 5.52. The van der Waals surface area contributed by atoms with Crippen molar-refractivity contribution >= 4 is 17.0 Å². The fourth-order valence-corrected chi connectivity index (χ4v) is 1.76. The molecule has 6 heteroatoms. The second kappa shape index (κ2) is 4.66. The van der Waals surface area contributed by atoms with Gasteiger partial charge in [0.15, 0.2) is 5.58 Å². The van der Waals surface area contributed by atoms with Gasteiger partial charge in [0.2, 0.25) is 5.91 Å². The average molecular weight is 249 g/mol. The third-order valence-electron chi connectivity index (χ3n) is 2.57. The number of nitrogens with zero attached hydrogens (tertiary/aromatic N) is 2. The van der Waals surface area contributed by atoms with Gasteiger partial charge in [-0.25, -0.2) is 9.80 Å². The molecule has 0 saturated carbocycles. The molecule has 0 aliphatic heterocycles. The highest BCUT2D eigenvalue weighted by Crippen LogP contribution is 2.14. The SMILES string of the molecule is CN(C)NC(=O)Cc1ccc2oc(=O)n(C)c2c1. The van der Waals surface area contributed by atoms with Crippen LogP contribution in [0.5, 0.6) is 0 Å².